The lowest BCUT2D eigenvalue weighted by molar-refractivity contribution is -0.125. The molecular formula is C14H17N3O2. The molecule has 1 heterocycles. The van der Waals surface area contributed by atoms with Crippen LogP contribution in [0.25, 0.3) is 5.69 Å². The van der Waals surface area contributed by atoms with E-state index in [0.717, 1.165) is 11.3 Å². The summed E-state index contributed by atoms with van der Waals surface area (Å²) in [6.45, 7) is 3.04. The van der Waals surface area contributed by atoms with Crippen LogP contribution in [0.4, 0.5) is 0 Å². The van der Waals surface area contributed by atoms with Gasteiger partial charge in [0, 0.05) is 31.2 Å². The van der Waals surface area contributed by atoms with Crippen molar-refractivity contribution in [1.29, 1.82) is 0 Å². The zero-order valence-corrected chi connectivity index (χ0v) is 10.9. The summed E-state index contributed by atoms with van der Waals surface area (Å²) in [5.74, 6) is -0.0967. The smallest absolute Gasteiger partial charge is 0.246 e. The van der Waals surface area contributed by atoms with Crippen molar-refractivity contribution >= 4 is 5.91 Å². The Hall–Kier alpha value is -2.14. The third-order valence-electron chi connectivity index (χ3n) is 2.67. The fourth-order valence-electron chi connectivity index (χ4n) is 1.64. The average molecular weight is 259 g/mol. The lowest BCUT2D eigenvalue weighted by atomic mass is 10.2. The van der Waals surface area contributed by atoms with Gasteiger partial charge in [-0.25, -0.2) is 4.98 Å². The highest BCUT2D eigenvalue weighted by atomic mass is 16.5. The molecular weight excluding hydrogens is 242 g/mol. The van der Waals surface area contributed by atoms with E-state index in [1.165, 1.54) is 0 Å². The lowest BCUT2D eigenvalue weighted by Gasteiger charge is -2.07. The van der Waals surface area contributed by atoms with Crippen LogP contribution in [-0.4, -0.2) is 28.7 Å². The first-order valence-corrected chi connectivity index (χ1v) is 6.21. The highest BCUT2D eigenvalue weighted by molar-refractivity contribution is 5.77. The highest BCUT2D eigenvalue weighted by Crippen LogP contribution is 2.08. The number of rotatable bonds is 6. The van der Waals surface area contributed by atoms with Gasteiger partial charge in [0.05, 0.1) is 6.33 Å². The van der Waals surface area contributed by atoms with E-state index in [1.54, 1.807) is 12.5 Å². The first kappa shape index (κ1) is 13.3. The van der Waals surface area contributed by atoms with Gasteiger partial charge in [-0.3, -0.25) is 4.79 Å². The van der Waals surface area contributed by atoms with E-state index in [-0.39, 0.29) is 12.5 Å². The van der Waals surface area contributed by atoms with E-state index >= 15 is 0 Å². The molecule has 0 fully saturated rings. The SMILES string of the molecule is CCOCC(=O)NCc1ccc(-n2ccnc2)cc1. The van der Waals surface area contributed by atoms with Crippen LogP contribution in [0.2, 0.25) is 0 Å². The van der Waals surface area contributed by atoms with Gasteiger partial charge in [-0.15, -0.1) is 0 Å². The van der Waals surface area contributed by atoms with Crippen LogP contribution in [0, 0.1) is 0 Å². The Morgan fingerprint density at radius 2 is 2.16 bits per heavy atom. The molecule has 2 aromatic rings. The van der Waals surface area contributed by atoms with E-state index in [2.05, 4.69) is 10.3 Å². The summed E-state index contributed by atoms with van der Waals surface area (Å²) in [4.78, 5) is 15.4. The molecule has 5 heteroatoms. The van der Waals surface area contributed by atoms with Gasteiger partial charge in [0.25, 0.3) is 0 Å². The predicted octanol–water partition coefficient (Wildman–Crippen LogP) is 1.52. The first-order chi connectivity index (χ1) is 9.29. The molecule has 19 heavy (non-hydrogen) atoms. The monoisotopic (exact) mass is 259 g/mol. The Morgan fingerprint density at radius 3 is 2.79 bits per heavy atom. The van der Waals surface area contributed by atoms with E-state index < -0.39 is 0 Å². The number of nitrogens with one attached hydrogen (secondary N) is 1. The van der Waals surface area contributed by atoms with Crippen molar-refractivity contribution in [1.82, 2.24) is 14.9 Å². The van der Waals surface area contributed by atoms with E-state index in [1.807, 2.05) is 42.0 Å². The van der Waals surface area contributed by atoms with Crippen molar-refractivity contribution in [2.24, 2.45) is 0 Å². The summed E-state index contributed by atoms with van der Waals surface area (Å²) >= 11 is 0. The van der Waals surface area contributed by atoms with Gasteiger partial charge >= 0.3 is 0 Å². The zero-order chi connectivity index (χ0) is 13.5. The van der Waals surface area contributed by atoms with Gasteiger partial charge < -0.3 is 14.6 Å². The topological polar surface area (TPSA) is 56.1 Å². The Kier molecular flexibility index (Phi) is 4.69. The number of nitrogens with zero attached hydrogens (tertiary/aromatic N) is 2. The molecule has 1 aromatic heterocycles. The van der Waals surface area contributed by atoms with Crippen LogP contribution in [0.3, 0.4) is 0 Å². The van der Waals surface area contributed by atoms with Crippen LogP contribution < -0.4 is 5.32 Å². The summed E-state index contributed by atoms with van der Waals surface area (Å²) in [7, 11) is 0. The van der Waals surface area contributed by atoms with Crippen molar-refractivity contribution in [2.75, 3.05) is 13.2 Å². The van der Waals surface area contributed by atoms with Crippen molar-refractivity contribution in [3.63, 3.8) is 0 Å². The molecule has 0 saturated carbocycles. The number of hydrogen-bond acceptors (Lipinski definition) is 3. The van der Waals surface area contributed by atoms with Gasteiger partial charge in [-0.1, -0.05) is 12.1 Å². The maximum absolute atomic E-state index is 11.4. The zero-order valence-electron chi connectivity index (χ0n) is 10.9. The van der Waals surface area contributed by atoms with Crippen LogP contribution in [0.1, 0.15) is 12.5 Å². The summed E-state index contributed by atoms with van der Waals surface area (Å²) in [6, 6.07) is 7.95. The van der Waals surface area contributed by atoms with Crippen molar-refractivity contribution < 1.29 is 9.53 Å². The minimum atomic E-state index is -0.0967. The molecule has 0 unspecified atom stereocenters. The molecule has 0 atom stereocenters. The molecule has 0 aliphatic heterocycles. The Labute approximate surface area is 112 Å². The molecule has 1 N–H and O–H groups in total. The fourth-order valence-corrected chi connectivity index (χ4v) is 1.64. The summed E-state index contributed by atoms with van der Waals surface area (Å²) in [5, 5.41) is 2.80. The van der Waals surface area contributed by atoms with Crippen LogP contribution in [0.5, 0.6) is 0 Å². The van der Waals surface area contributed by atoms with E-state index in [4.69, 9.17) is 4.74 Å². The Balaban J connectivity index is 1.87. The second-order valence-electron chi connectivity index (χ2n) is 4.05. The summed E-state index contributed by atoms with van der Waals surface area (Å²) < 4.78 is 6.96. The van der Waals surface area contributed by atoms with Gasteiger partial charge in [-0.05, 0) is 24.6 Å². The molecule has 2 rings (SSSR count). The van der Waals surface area contributed by atoms with Gasteiger partial charge in [0.1, 0.15) is 6.61 Å². The molecule has 0 aliphatic rings. The van der Waals surface area contributed by atoms with Crippen LogP contribution in [0.15, 0.2) is 43.0 Å². The number of imidazole rings is 1. The van der Waals surface area contributed by atoms with Crippen molar-refractivity contribution in [2.45, 2.75) is 13.5 Å². The molecule has 0 bridgehead atoms. The highest BCUT2D eigenvalue weighted by Gasteiger charge is 2.01. The van der Waals surface area contributed by atoms with Gasteiger partial charge in [0.2, 0.25) is 5.91 Å². The average Bonchev–Trinajstić information content (AvgIpc) is 2.97. The van der Waals surface area contributed by atoms with Crippen molar-refractivity contribution in [3.05, 3.63) is 48.5 Å². The Bertz CT molecular complexity index is 506. The molecule has 1 amide bonds. The number of amides is 1. The quantitative estimate of drug-likeness (QED) is 0.855. The minimum Gasteiger partial charge on any atom is -0.372 e. The number of ether oxygens (including phenoxy) is 1. The van der Waals surface area contributed by atoms with E-state index in [0.29, 0.717) is 13.2 Å². The third kappa shape index (κ3) is 3.93. The molecule has 5 nitrogen and oxygen atoms in total. The number of aromatic nitrogens is 2. The van der Waals surface area contributed by atoms with E-state index in [9.17, 15) is 4.79 Å². The van der Waals surface area contributed by atoms with Crippen LogP contribution in [-0.2, 0) is 16.1 Å². The Morgan fingerprint density at radius 1 is 1.37 bits per heavy atom. The second kappa shape index (κ2) is 6.70. The molecule has 0 saturated heterocycles. The molecule has 0 aliphatic carbocycles. The molecule has 0 radical (unpaired) electrons. The summed E-state index contributed by atoms with van der Waals surface area (Å²) in [6.07, 6.45) is 5.37. The number of carbonyl (C=O) groups excluding carboxylic acids is 1. The fraction of sp³-hybridized carbons (Fsp3) is 0.286. The third-order valence-corrected chi connectivity index (χ3v) is 2.67. The predicted molar refractivity (Wildman–Crippen MR) is 71.9 cm³/mol. The van der Waals surface area contributed by atoms with Gasteiger partial charge in [-0.2, -0.15) is 0 Å². The maximum atomic E-state index is 11.4. The molecule has 100 valence electrons. The molecule has 0 spiro atoms. The lowest BCUT2D eigenvalue weighted by Crippen LogP contribution is -2.27. The first-order valence-electron chi connectivity index (χ1n) is 6.21. The number of benzene rings is 1. The normalized spacial score (nSPS) is 10.4. The van der Waals surface area contributed by atoms with Crippen LogP contribution >= 0.6 is 0 Å². The summed E-state index contributed by atoms with van der Waals surface area (Å²) in [5.41, 5.74) is 2.09. The van der Waals surface area contributed by atoms with Gasteiger partial charge in [0.15, 0.2) is 0 Å². The largest absolute Gasteiger partial charge is 0.372 e. The number of hydrogen-bond donors (Lipinski definition) is 1. The minimum absolute atomic E-state index is 0.0967. The second-order valence-corrected chi connectivity index (χ2v) is 4.05. The number of carbonyl (C=O) groups is 1. The molecule has 1 aromatic carbocycles. The van der Waals surface area contributed by atoms with Crippen molar-refractivity contribution in [3.8, 4) is 5.69 Å². The standard InChI is InChI=1S/C14H17N3O2/c1-2-19-10-14(18)16-9-12-3-5-13(6-4-12)17-8-7-15-11-17/h3-8,11H,2,9-10H2,1H3,(H,16,18). The maximum Gasteiger partial charge on any atom is 0.246 e.